The van der Waals surface area contributed by atoms with E-state index in [4.69, 9.17) is 15.0 Å². The van der Waals surface area contributed by atoms with Crippen molar-refractivity contribution in [1.82, 2.24) is 19.5 Å². The summed E-state index contributed by atoms with van der Waals surface area (Å²) in [6.07, 6.45) is 9.32. The molecule has 0 bridgehead atoms. The lowest BCUT2D eigenvalue weighted by molar-refractivity contribution is 0.467. The van der Waals surface area contributed by atoms with E-state index in [1.807, 2.05) is 6.07 Å². The molecule has 8 aromatic carbocycles. The van der Waals surface area contributed by atoms with Gasteiger partial charge in [0.25, 0.3) is 0 Å². The summed E-state index contributed by atoms with van der Waals surface area (Å²) in [6.45, 7) is 0. The van der Waals surface area contributed by atoms with Crippen molar-refractivity contribution in [1.29, 1.82) is 0 Å². The third kappa shape index (κ3) is 4.16. The van der Waals surface area contributed by atoms with Crippen LogP contribution < -0.4 is 0 Å². The Bertz CT molecular complexity index is 3350. The maximum absolute atomic E-state index is 5.44. The van der Waals surface area contributed by atoms with Crippen molar-refractivity contribution in [3.63, 3.8) is 0 Å². The second-order valence-electron chi connectivity index (χ2n) is 15.9. The van der Waals surface area contributed by atoms with Crippen molar-refractivity contribution in [2.24, 2.45) is 5.92 Å². The average Bonchev–Trinajstić information content (AvgIpc) is 3.91. The van der Waals surface area contributed by atoms with E-state index in [2.05, 4.69) is 193 Å². The molecule has 0 saturated carbocycles. The zero-order chi connectivity index (χ0) is 38.0. The molecule has 1 spiro atoms. The van der Waals surface area contributed by atoms with Gasteiger partial charge in [-0.25, -0.2) is 15.0 Å². The molecule has 2 aromatic heterocycles. The van der Waals surface area contributed by atoms with Gasteiger partial charge >= 0.3 is 0 Å². The number of benzene rings is 8. The fourth-order valence-corrected chi connectivity index (χ4v) is 10.9. The maximum atomic E-state index is 5.44. The normalized spacial score (nSPS) is 17.0. The Kier molecular flexibility index (Phi) is 6.45. The second-order valence-corrected chi connectivity index (χ2v) is 15.9. The predicted molar refractivity (Wildman–Crippen MR) is 236 cm³/mol. The van der Waals surface area contributed by atoms with Crippen LogP contribution in [0.2, 0.25) is 0 Å². The van der Waals surface area contributed by atoms with E-state index >= 15 is 0 Å². The van der Waals surface area contributed by atoms with Crippen molar-refractivity contribution >= 4 is 43.4 Å². The molecule has 3 aliphatic carbocycles. The number of para-hydroxylation sites is 2. The first-order valence-corrected chi connectivity index (χ1v) is 20.1. The van der Waals surface area contributed by atoms with Crippen LogP contribution in [0.3, 0.4) is 0 Å². The summed E-state index contributed by atoms with van der Waals surface area (Å²) < 4.78 is 2.35. The van der Waals surface area contributed by atoms with Gasteiger partial charge in [0.2, 0.25) is 0 Å². The standard InChI is InChI=1S/C54H34N4/c1-3-14-35(15-4-1)51-55-52(36-30-31-39-38-20-8-10-27-46(38)58(47(39)32-36)37-18-5-2-6-19-37)57-53(56-51)41-22-13-26-45-50(41)40-21-7-9-23-42(40)54(45)43-24-11-16-33-28-29-34-17-12-25-44(54)49(34)48(33)43/h1-32,40,42H. The van der Waals surface area contributed by atoms with Crippen molar-refractivity contribution in [2.75, 3.05) is 0 Å². The fourth-order valence-electron chi connectivity index (χ4n) is 10.9. The van der Waals surface area contributed by atoms with E-state index in [1.165, 1.54) is 60.1 Å². The lowest BCUT2D eigenvalue weighted by Gasteiger charge is -2.36. The van der Waals surface area contributed by atoms with E-state index < -0.39 is 0 Å². The topological polar surface area (TPSA) is 43.6 Å². The number of hydrogen-bond donors (Lipinski definition) is 0. The van der Waals surface area contributed by atoms with E-state index in [0.717, 1.165) is 27.9 Å². The Hall–Kier alpha value is -7.43. The average molecular weight is 739 g/mol. The van der Waals surface area contributed by atoms with Gasteiger partial charge in [0.1, 0.15) is 0 Å². The minimum atomic E-state index is -0.353. The van der Waals surface area contributed by atoms with Gasteiger partial charge in [-0.05, 0) is 68.1 Å². The highest BCUT2D eigenvalue weighted by molar-refractivity contribution is 6.16. The Morgan fingerprint density at radius 1 is 0.448 bits per heavy atom. The van der Waals surface area contributed by atoms with E-state index in [-0.39, 0.29) is 17.3 Å². The molecule has 0 radical (unpaired) electrons. The molecule has 270 valence electrons. The number of rotatable bonds is 4. The third-order valence-corrected chi connectivity index (χ3v) is 13.1. The van der Waals surface area contributed by atoms with Crippen LogP contribution in [-0.4, -0.2) is 19.5 Å². The van der Waals surface area contributed by atoms with Gasteiger partial charge < -0.3 is 4.57 Å². The number of fused-ring (bicyclic) bond motifs is 10. The lowest BCUT2D eigenvalue weighted by atomic mass is 9.65. The number of aromatic nitrogens is 4. The lowest BCUT2D eigenvalue weighted by Crippen LogP contribution is -2.33. The molecular weight excluding hydrogens is 705 g/mol. The second kappa shape index (κ2) is 11.8. The van der Waals surface area contributed by atoms with E-state index in [1.54, 1.807) is 0 Å². The number of allylic oxidation sites excluding steroid dienone is 4. The molecule has 2 heterocycles. The largest absolute Gasteiger partial charge is 0.309 e. The van der Waals surface area contributed by atoms with Crippen LogP contribution in [0, 0.1) is 5.92 Å². The predicted octanol–water partition coefficient (Wildman–Crippen LogP) is 12.8. The maximum Gasteiger partial charge on any atom is 0.164 e. The molecule has 58 heavy (non-hydrogen) atoms. The van der Waals surface area contributed by atoms with Crippen molar-refractivity contribution in [2.45, 2.75) is 11.3 Å². The molecule has 0 aliphatic heterocycles. The van der Waals surface area contributed by atoms with Crippen LogP contribution in [0.25, 0.3) is 83.2 Å². The molecular formula is C54H34N4. The van der Waals surface area contributed by atoms with Crippen LogP contribution in [-0.2, 0) is 5.41 Å². The molecule has 0 saturated heterocycles. The van der Waals surface area contributed by atoms with Crippen LogP contribution in [0.1, 0.15) is 28.2 Å². The summed E-state index contributed by atoms with van der Waals surface area (Å²) >= 11 is 0. The molecule has 4 nitrogen and oxygen atoms in total. The molecule has 2 unspecified atom stereocenters. The first kappa shape index (κ1) is 31.7. The summed E-state index contributed by atoms with van der Waals surface area (Å²) in [4.78, 5) is 16.0. The molecule has 3 aliphatic rings. The van der Waals surface area contributed by atoms with Gasteiger partial charge in [0.05, 0.1) is 16.4 Å². The minimum Gasteiger partial charge on any atom is -0.309 e. The van der Waals surface area contributed by atoms with Crippen LogP contribution >= 0.6 is 0 Å². The van der Waals surface area contributed by atoms with Crippen LogP contribution in [0.5, 0.6) is 0 Å². The highest BCUT2D eigenvalue weighted by Gasteiger charge is 2.57. The van der Waals surface area contributed by atoms with Crippen molar-refractivity contribution < 1.29 is 0 Å². The zero-order valence-corrected chi connectivity index (χ0v) is 31.4. The first-order valence-electron chi connectivity index (χ1n) is 20.1. The minimum absolute atomic E-state index is 0.134. The van der Waals surface area contributed by atoms with Gasteiger partial charge in [-0.3, -0.25) is 0 Å². The highest BCUT2D eigenvalue weighted by Crippen LogP contribution is 2.65. The molecule has 4 heteroatoms. The SMILES string of the molecule is C1=CC2c3c(-c4nc(-c5ccccc5)nc(-c5ccc6c7ccccc7n(-c7ccccc7)c6c5)n4)cccc3C3(c4cccc5ccc6cccc3c6c45)C2C=C1. The number of hydrogen-bond acceptors (Lipinski definition) is 3. The summed E-state index contributed by atoms with van der Waals surface area (Å²) in [5.41, 5.74) is 11.4. The molecule has 0 fully saturated rings. The smallest absolute Gasteiger partial charge is 0.164 e. The van der Waals surface area contributed by atoms with Gasteiger partial charge in [-0.15, -0.1) is 0 Å². The Morgan fingerprint density at radius 2 is 1.07 bits per heavy atom. The Labute approximate surface area is 335 Å². The summed E-state index contributed by atoms with van der Waals surface area (Å²) in [6, 6.07) is 61.4. The molecule has 0 N–H and O–H groups in total. The quantitative estimate of drug-likeness (QED) is 0.169. The molecule has 0 amide bonds. The first-order chi connectivity index (χ1) is 28.8. The zero-order valence-electron chi connectivity index (χ0n) is 31.4. The van der Waals surface area contributed by atoms with E-state index in [9.17, 15) is 0 Å². The molecule has 13 rings (SSSR count). The third-order valence-electron chi connectivity index (χ3n) is 13.1. The Morgan fingerprint density at radius 3 is 1.84 bits per heavy atom. The van der Waals surface area contributed by atoms with Gasteiger partial charge in [-0.1, -0.05) is 170 Å². The van der Waals surface area contributed by atoms with Crippen molar-refractivity contribution in [3.05, 3.63) is 216 Å². The molecule has 2 atom stereocenters. The van der Waals surface area contributed by atoms with Gasteiger partial charge in [-0.2, -0.15) is 0 Å². The monoisotopic (exact) mass is 738 g/mol. The Balaban J connectivity index is 1.07. The molecule has 10 aromatic rings. The van der Waals surface area contributed by atoms with Crippen LogP contribution in [0.4, 0.5) is 0 Å². The summed E-state index contributed by atoms with van der Waals surface area (Å²) in [7, 11) is 0. The van der Waals surface area contributed by atoms with Gasteiger partial charge in [0, 0.05) is 45.0 Å². The highest BCUT2D eigenvalue weighted by atomic mass is 15.0. The summed E-state index contributed by atoms with van der Waals surface area (Å²) in [5, 5.41) is 7.76. The fraction of sp³-hybridized carbons (Fsp3) is 0.0556. The van der Waals surface area contributed by atoms with Crippen molar-refractivity contribution in [3.8, 4) is 39.9 Å². The van der Waals surface area contributed by atoms with Gasteiger partial charge in [0.15, 0.2) is 17.5 Å². The van der Waals surface area contributed by atoms with E-state index in [0.29, 0.717) is 17.5 Å². The number of nitrogens with zero attached hydrogens (tertiary/aromatic N) is 4. The van der Waals surface area contributed by atoms with Crippen LogP contribution in [0.15, 0.2) is 194 Å². The summed E-state index contributed by atoms with van der Waals surface area (Å²) in [5.74, 6) is 2.33.